The summed E-state index contributed by atoms with van der Waals surface area (Å²) in [6, 6.07) is 3.76. The van der Waals surface area contributed by atoms with Gasteiger partial charge in [0.15, 0.2) is 5.78 Å². The molecule has 2 nitrogen and oxygen atoms in total. The van der Waals surface area contributed by atoms with Crippen LogP contribution >= 0.6 is 15.9 Å². The Labute approximate surface area is 85.0 Å². The lowest BCUT2D eigenvalue weighted by molar-refractivity contribution is 0.0933. The fourth-order valence-corrected chi connectivity index (χ4v) is 1.86. The second kappa shape index (κ2) is 3.14. The van der Waals surface area contributed by atoms with Gasteiger partial charge >= 0.3 is 0 Å². The van der Waals surface area contributed by atoms with E-state index in [1.54, 1.807) is 0 Å². The van der Waals surface area contributed by atoms with Crippen molar-refractivity contribution in [3.8, 4) is 5.75 Å². The fourth-order valence-electron chi connectivity index (χ4n) is 1.40. The Morgan fingerprint density at radius 3 is 3.00 bits per heavy atom. The van der Waals surface area contributed by atoms with E-state index in [0.29, 0.717) is 24.3 Å². The quantitative estimate of drug-likeness (QED) is 0.698. The molecule has 1 aliphatic rings. The van der Waals surface area contributed by atoms with Crippen LogP contribution in [0.15, 0.2) is 16.6 Å². The molecule has 0 unspecified atom stereocenters. The molecule has 1 aliphatic heterocycles. The lowest BCUT2D eigenvalue weighted by Gasteiger charge is -2.18. The Balaban J connectivity index is 2.63. The van der Waals surface area contributed by atoms with E-state index in [1.165, 1.54) is 0 Å². The van der Waals surface area contributed by atoms with Crippen LogP contribution < -0.4 is 4.74 Å². The molecule has 68 valence electrons. The number of hydrogen-bond donors (Lipinski definition) is 0. The van der Waals surface area contributed by atoms with Crippen LogP contribution in [0.3, 0.4) is 0 Å². The van der Waals surface area contributed by atoms with Gasteiger partial charge in [-0.15, -0.1) is 0 Å². The molecule has 0 aliphatic carbocycles. The average Bonchev–Trinajstić information content (AvgIpc) is 2.12. The molecule has 13 heavy (non-hydrogen) atoms. The number of ketones is 1. The molecule has 0 amide bonds. The fraction of sp³-hybridized carbons (Fsp3) is 0.300. The minimum Gasteiger partial charge on any atom is -0.491 e. The molecule has 1 aromatic rings. The van der Waals surface area contributed by atoms with Gasteiger partial charge in [0, 0.05) is 6.42 Å². The van der Waals surface area contributed by atoms with Crippen molar-refractivity contribution in [1.82, 2.24) is 0 Å². The van der Waals surface area contributed by atoms with Gasteiger partial charge in [0.1, 0.15) is 5.75 Å². The summed E-state index contributed by atoms with van der Waals surface area (Å²) < 4.78 is 6.34. The highest BCUT2D eigenvalue weighted by atomic mass is 79.9. The maximum absolute atomic E-state index is 11.4. The summed E-state index contributed by atoms with van der Waals surface area (Å²) in [6.45, 7) is 2.47. The molecule has 0 bridgehead atoms. The third-order valence-electron chi connectivity index (χ3n) is 2.17. The van der Waals surface area contributed by atoms with Gasteiger partial charge in [-0.25, -0.2) is 0 Å². The number of hydrogen-bond acceptors (Lipinski definition) is 2. The number of aryl methyl sites for hydroxylation is 1. The van der Waals surface area contributed by atoms with Crippen LogP contribution in [0.5, 0.6) is 5.75 Å². The minimum absolute atomic E-state index is 0.168. The summed E-state index contributed by atoms with van der Waals surface area (Å²) >= 11 is 3.42. The number of Topliss-reactive ketones (excluding diaryl/α,β-unsaturated/α-hetero) is 1. The zero-order valence-corrected chi connectivity index (χ0v) is 8.85. The number of fused-ring (bicyclic) bond motifs is 1. The highest BCUT2D eigenvalue weighted by molar-refractivity contribution is 9.10. The van der Waals surface area contributed by atoms with Crippen LogP contribution in [0.2, 0.25) is 0 Å². The van der Waals surface area contributed by atoms with E-state index in [4.69, 9.17) is 4.74 Å². The molecule has 0 saturated heterocycles. The Kier molecular flexibility index (Phi) is 2.12. The van der Waals surface area contributed by atoms with Crippen molar-refractivity contribution >= 4 is 21.7 Å². The lowest BCUT2D eigenvalue weighted by atomic mass is 10.0. The minimum atomic E-state index is 0.168. The molecule has 0 saturated carbocycles. The van der Waals surface area contributed by atoms with Crippen LogP contribution in [0.1, 0.15) is 22.3 Å². The first-order valence-electron chi connectivity index (χ1n) is 4.15. The van der Waals surface area contributed by atoms with Gasteiger partial charge < -0.3 is 4.74 Å². The zero-order chi connectivity index (χ0) is 9.42. The van der Waals surface area contributed by atoms with Crippen molar-refractivity contribution in [2.24, 2.45) is 0 Å². The summed E-state index contributed by atoms with van der Waals surface area (Å²) in [5.41, 5.74) is 1.79. The van der Waals surface area contributed by atoms with E-state index in [2.05, 4.69) is 15.9 Å². The van der Waals surface area contributed by atoms with Crippen molar-refractivity contribution in [3.05, 3.63) is 27.7 Å². The topological polar surface area (TPSA) is 26.3 Å². The average molecular weight is 241 g/mol. The molecule has 0 spiro atoms. The summed E-state index contributed by atoms with van der Waals surface area (Å²) in [7, 11) is 0. The maximum atomic E-state index is 11.4. The first-order chi connectivity index (χ1) is 6.20. The van der Waals surface area contributed by atoms with Gasteiger partial charge in [0.25, 0.3) is 0 Å². The lowest BCUT2D eigenvalue weighted by Crippen LogP contribution is -2.15. The molecule has 0 atom stereocenters. The first-order valence-corrected chi connectivity index (χ1v) is 4.94. The van der Waals surface area contributed by atoms with E-state index >= 15 is 0 Å². The molecule has 3 heteroatoms. The smallest absolute Gasteiger partial charge is 0.170 e. The predicted molar refractivity (Wildman–Crippen MR) is 53.3 cm³/mol. The van der Waals surface area contributed by atoms with E-state index in [0.717, 1.165) is 10.0 Å². The Bertz CT molecular complexity index is 371. The molecule has 0 radical (unpaired) electrons. The highest BCUT2D eigenvalue weighted by Crippen LogP contribution is 2.35. The SMILES string of the molecule is Cc1ccc2c(c1Br)OCCC2=O. The van der Waals surface area contributed by atoms with Crippen molar-refractivity contribution in [2.45, 2.75) is 13.3 Å². The molecule has 1 heterocycles. The summed E-state index contributed by atoms with van der Waals surface area (Å²) in [5, 5.41) is 0. The largest absolute Gasteiger partial charge is 0.491 e. The van der Waals surface area contributed by atoms with E-state index in [9.17, 15) is 4.79 Å². The summed E-state index contributed by atoms with van der Waals surface area (Å²) in [4.78, 5) is 11.4. The van der Waals surface area contributed by atoms with Crippen LogP contribution in [0.25, 0.3) is 0 Å². The van der Waals surface area contributed by atoms with Crippen molar-refractivity contribution in [1.29, 1.82) is 0 Å². The first kappa shape index (κ1) is 8.75. The van der Waals surface area contributed by atoms with Crippen molar-refractivity contribution < 1.29 is 9.53 Å². The molecule has 0 fully saturated rings. The molecular formula is C10H9BrO2. The van der Waals surface area contributed by atoms with Gasteiger partial charge in [0.05, 0.1) is 16.6 Å². The van der Waals surface area contributed by atoms with Gasteiger partial charge in [-0.3, -0.25) is 4.79 Å². The molecule has 2 rings (SSSR count). The van der Waals surface area contributed by atoms with E-state index < -0.39 is 0 Å². The van der Waals surface area contributed by atoms with Gasteiger partial charge in [-0.2, -0.15) is 0 Å². The normalized spacial score (nSPS) is 15.1. The highest BCUT2D eigenvalue weighted by Gasteiger charge is 2.21. The zero-order valence-electron chi connectivity index (χ0n) is 7.26. The van der Waals surface area contributed by atoms with E-state index in [-0.39, 0.29) is 5.78 Å². The number of halogens is 1. The summed E-state index contributed by atoms with van der Waals surface area (Å²) in [5.74, 6) is 0.873. The maximum Gasteiger partial charge on any atom is 0.170 e. The van der Waals surface area contributed by atoms with E-state index in [1.807, 2.05) is 19.1 Å². The monoisotopic (exact) mass is 240 g/mol. The Morgan fingerprint density at radius 1 is 1.46 bits per heavy atom. The van der Waals surface area contributed by atoms with Crippen LogP contribution in [0.4, 0.5) is 0 Å². The second-order valence-electron chi connectivity index (χ2n) is 3.09. The van der Waals surface area contributed by atoms with Gasteiger partial charge in [-0.1, -0.05) is 6.07 Å². The van der Waals surface area contributed by atoms with Crippen molar-refractivity contribution in [2.75, 3.05) is 6.61 Å². The van der Waals surface area contributed by atoms with Crippen LogP contribution in [0, 0.1) is 6.92 Å². The number of rotatable bonds is 0. The number of benzene rings is 1. The molecule has 0 N–H and O–H groups in total. The Hall–Kier alpha value is -0.830. The molecule has 1 aromatic carbocycles. The summed E-state index contributed by atoms with van der Waals surface area (Å²) in [6.07, 6.45) is 0.489. The number of ether oxygens (including phenoxy) is 1. The second-order valence-corrected chi connectivity index (χ2v) is 3.89. The van der Waals surface area contributed by atoms with Crippen molar-refractivity contribution in [3.63, 3.8) is 0 Å². The Morgan fingerprint density at radius 2 is 2.23 bits per heavy atom. The van der Waals surface area contributed by atoms with Gasteiger partial charge in [-0.05, 0) is 34.5 Å². The molecular weight excluding hydrogens is 232 g/mol. The third kappa shape index (κ3) is 1.37. The number of carbonyl (C=O) groups excluding carboxylic acids is 1. The number of carbonyl (C=O) groups is 1. The van der Waals surface area contributed by atoms with Gasteiger partial charge in [0.2, 0.25) is 0 Å². The predicted octanol–water partition coefficient (Wildman–Crippen LogP) is 2.72. The van der Waals surface area contributed by atoms with Crippen LogP contribution in [-0.4, -0.2) is 12.4 Å². The van der Waals surface area contributed by atoms with Crippen LogP contribution in [-0.2, 0) is 0 Å². The molecule has 0 aromatic heterocycles. The standard InChI is InChI=1S/C10H9BrO2/c1-6-2-3-7-8(12)4-5-13-10(7)9(6)11/h2-3H,4-5H2,1H3. The third-order valence-corrected chi connectivity index (χ3v) is 3.15.